The van der Waals surface area contributed by atoms with E-state index in [4.69, 9.17) is 26.1 Å². The van der Waals surface area contributed by atoms with Gasteiger partial charge >= 0.3 is 0 Å². The molecule has 9 heteroatoms. The molecule has 0 saturated carbocycles. The number of nitrogens with one attached hydrogen (secondary N) is 1. The van der Waals surface area contributed by atoms with Crippen LogP contribution in [0.15, 0.2) is 24.5 Å². The summed E-state index contributed by atoms with van der Waals surface area (Å²) in [5.41, 5.74) is 0.719. The number of ether oxygens (including phenoxy) is 2. The summed E-state index contributed by atoms with van der Waals surface area (Å²) in [6, 6.07) is 4.60. The molecule has 0 radical (unpaired) electrons. The Labute approximate surface area is 169 Å². The minimum Gasteiger partial charge on any atom is -0.479 e. The molecule has 0 bridgehead atoms. The number of pyridine rings is 1. The van der Waals surface area contributed by atoms with E-state index in [1.165, 1.54) is 0 Å². The molecular weight excluding hydrogens is 380 g/mol. The third kappa shape index (κ3) is 4.45. The zero-order valence-corrected chi connectivity index (χ0v) is 16.7. The Morgan fingerprint density at radius 3 is 2.50 bits per heavy atom. The summed E-state index contributed by atoms with van der Waals surface area (Å²) < 4.78 is 11.0. The van der Waals surface area contributed by atoms with Crippen LogP contribution in [0.5, 0.6) is 5.88 Å². The molecule has 1 N–H and O–H groups in total. The number of anilines is 3. The number of nitrogens with zero attached hydrogens (tertiary/aromatic N) is 5. The van der Waals surface area contributed by atoms with Gasteiger partial charge in [-0.2, -0.15) is 4.98 Å². The van der Waals surface area contributed by atoms with E-state index in [2.05, 4.69) is 25.1 Å². The van der Waals surface area contributed by atoms with Crippen molar-refractivity contribution in [2.45, 2.75) is 18.9 Å². The fourth-order valence-electron chi connectivity index (χ4n) is 3.76. The zero-order chi connectivity index (χ0) is 19.3. The summed E-state index contributed by atoms with van der Waals surface area (Å²) in [6.07, 6.45) is 5.37. The maximum atomic E-state index is 5.84. The number of morpholine rings is 1. The van der Waals surface area contributed by atoms with Crippen molar-refractivity contribution < 1.29 is 9.47 Å². The maximum absolute atomic E-state index is 5.84. The Morgan fingerprint density at radius 1 is 1.11 bits per heavy atom. The molecule has 0 aliphatic carbocycles. The highest BCUT2D eigenvalue weighted by Gasteiger charge is 2.26. The van der Waals surface area contributed by atoms with Crippen molar-refractivity contribution in [3.63, 3.8) is 0 Å². The summed E-state index contributed by atoms with van der Waals surface area (Å²) >= 11 is 5.84. The van der Waals surface area contributed by atoms with Crippen LogP contribution in [0.1, 0.15) is 12.8 Å². The second-order valence-electron chi connectivity index (χ2n) is 6.94. The first-order valence-corrected chi connectivity index (χ1v) is 9.97. The lowest BCUT2D eigenvalue weighted by molar-refractivity contribution is 0.0114. The summed E-state index contributed by atoms with van der Waals surface area (Å²) in [6.45, 7) is 5.78. The predicted octanol–water partition coefficient (Wildman–Crippen LogP) is 2.58. The van der Waals surface area contributed by atoms with E-state index >= 15 is 0 Å². The number of halogens is 1. The second-order valence-corrected chi connectivity index (χ2v) is 7.38. The van der Waals surface area contributed by atoms with Gasteiger partial charge in [0.1, 0.15) is 11.5 Å². The molecule has 28 heavy (non-hydrogen) atoms. The predicted molar refractivity (Wildman–Crippen MR) is 109 cm³/mol. The number of methoxy groups -OCH3 is 1. The van der Waals surface area contributed by atoms with E-state index in [1.54, 1.807) is 19.5 Å². The highest BCUT2D eigenvalue weighted by molar-refractivity contribution is 6.30. The van der Waals surface area contributed by atoms with Crippen molar-refractivity contribution in [2.75, 3.05) is 56.7 Å². The van der Waals surface area contributed by atoms with Gasteiger partial charge in [-0.05, 0) is 25.0 Å². The lowest BCUT2D eigenvalue weighted by Gasteiger charge is -2.40. The van der Waals surface area contributed by atoms with Crippen LogP contribution in [-0.2, 0) is 4.74 Å². The van der Waals surface area contributed by atoms with Crippen molar-refractivity contribution >= 4 is 29.1 Å². The van der Waals surface area contributed by atoms with Crippen molar-refractivity contribution in [3.05, 3.63) is 29.5 Å². The molecule has 2 aromatic rings. The Hall–Kier alpha value is -2.16. The lowest BCUT2D eigenvalue weighted by atomic mass is 10.0. The molecule has 2 saturated heterocycles. The van der Waals surface area contributed by atoms with E-state index in [-0.39, 0.29) is 0 Å². The summed E-state index contributed by atoms with van der Waals surface area (Å²) in [4.78, 5) is 17.9. The minimum absolute atomic E-state index is 0.448. The SMILES string of the molecule is COc1nc(N2CCC(N3CCOCC3)CC2)ccc1Nc1ncc(Cl)cn1. The summed E-state index contributed by atoms with van der Waals surface area (Å²) in [7, 11) is 1.62. The van der Waals surface area contributed by atoms with Gasteiger partial charge in [-0.1, -0.05) is 11.6 Å². The third-order valence-electron chi connectivity index (χ3n) is 5.26. The molecular formula is C19H25ClN6O2. The highest BCUT2D eigenvalue weighted by Crippen LogP contribution is 2.29. The smallest absolute Gasteiger partial charge is 0.239 e. The van der Waals surface area contributed by atoms with Gasteiger partial charge in [-0.15, -0.1) is 0 Å². The van der Waals surface area contributed by atoms with Gasteiger partial charge in [-0.3, -0.25) is 4.90 Å². The number of hydrogen-bond donors (Lipinski definition) is 1. The van der Waals surface area contributed by atoms with Crippen molar-refractivity contribution in [2.24, 2.45) is 0 Å². The Bertz CT molecular complexity index is 776. The quantitative estimate of drug-likeness (QED) is 0.814. The molecule has 0 spiro atoms. The van der Waals surface area contributed by atoms with Gasteiger partial charge in [0.15, 0.2) is 0 Å². The molecule has 2 aliphatic rings. The molecule has 0 atom stereocenters. The van der Waals surface area contributed by atoms with E-state index in [0.29, 0.717) is 22.9 Å². The Balaban J connectivity index is 1.40. The zero-order valence-electron chi connectivity index (χ0n) is 16.0. The first-order chi connectivity index (χ1) is 13.7. The Morgan fingerprint density at radius 2 is 1.82 bits per heavy atom. The molecule has 150 valence electrons. The van der Waals surface area contributed by atoms with Crippen LogP contribution in [0.3, 0.4) is 0 Å². The van der Waals surface area contributed by atoms with E-state index in [0.717, 1.165) is 63.7 Å². The standard InChI is InChI=1S/C19H25ClN6O2/c1-27-18-16(23-19-21-12-14(20)13-22-19)2-3-17(24-18)26-6-4-15(5-7-26)25-8-10-28-11-9-25/h2-3,12-13,15H,4-11H2,1H3,(H,21,22,23). The van der Waals surface area contributed by atoms with E-state index < -0.39 is 0 Å². The van der Waals surface area contributed by atoms with Gasteiger partial charge in [0, 0.05) is 32.2 Å². The van der Waals surface area contributed by atoms with Gasteiger partial charge < -0.3 is 19.7 Å². The second kappa shape index (κ2) is 8.89. The summed E-state index contributed by atoms with van der Waals surface area (Å²) in [5, 5.41) is 3.62. The average molecular weight is 405 g/mol. The fourth-order valence-corrected chi connectivity index (χ4v) is 3.86. The number of piperidine rings is 1. The van der Waals surface area contributed by atoms with E-state index in [1.807, 2.05) is 12.1 Å². The molecule has 4 heterocycles. The van der Waals surface area contributed by atoms with Crippen LogP contribution >= 0.6 is 11.6 Å². The molecule has 2 fully saturated rings. The van der Waals surface area contributed by atoms with Crippen LogP contribution in [-0.4, -0.2) is 72.4 Å². The van der Waals surface area contributed by atoms with Gasteiger partial charge in [0.2, 0.25) is 11.8 Å². The molecule has 4 rings (SSSR count). The van der Waals surface area contributed by atoms with Crippen LogP contribution in [0.2, 0.25) is 5.02 Å². The van der Waals surface area contributed by atoms with Gasteiger partial charge in [-0.25, -0.2) is 9.97 Å². The maximum Gasteiger partial charge on any atom is 0.239 e. The summed E-state index contributed by atoms with van der Waals surface area (Å²) in [5.74, 6) is 1.90. The van der Waals surface area contributed by atoms with E-state index in [9.17, 15) is 0 Å². The molecule has 0 amide bonds. The van der Waals surface area contributed by atoms with Crippen molar-refractivity contribution in [1.29, 1.82) is 0 Å². The molecule has 0 aromatic carbocycles. The van der Waals surface area contributed by atoms with Crippen LogP contribution in [0.25, 0.3) is 0 Å². The molecule has 8 nitrogen and oxygen atoms in total. The monoisotopic (exact) mass is 404 g/mol. The lowest BCUT2D eigenvalue weighted by Crippen LogP contribution is -2.49. The van der Waals surface area contributed by atoms with Gasteiger partial charge in [0.25, 0.3) is 0 Å². The van der Waals surface area contributed by atoms with Crippen LogP contribution < -0.4 is 15.0 Å². The van der Waals surface area contributed by atoms with Crippen LogP contribution in [0, 0.1) is 0 Å². The highest BCUT2D eigenvalue weighted by atomic mass is 35.5. The minimum atomic E-state index is 0.448. The largest absolute Gasteiger partial charge is 0.479 e. The third-order valence-corrected chi connectivity index (χ3v) is 5.45. The van der Waals surface area contributed by atoms with Crippen molar-refractivity contribution in [3.8, 4) is 5.88 Å². The Kier molecular flexibility index (Phi) is 6.09. The number of rotatable bonds is 5. The molecule has 2 aliphatic heterocycles. The normalized spacial score (nSPS) is 18.9. The topological polar surface area (TPSA) is 75.6 Å². The number of hydrogen-bond acceptors (Lipinski definition) is 8. The first kappa shape index (κ1) is 19.2. The van der Waals surface area contributed by atoms with Crippen molar-refractivity contribution in [1.82, 2.24) is 19.9 Å². The van der Waals surface area contributed by atoms with Crippen LogP contribution in [0.4, 0.5) is 17.5 Å². The average Bonchev–Trinajstić information content (AvgIpc) is 2.76. The molecule has 2 aromatic heterocycles. The van der Waals surface area contributed by atoms with Gasteiger partial charge in [0.05, 0.1) is 37.7 Å². The number of aromatic nitrogens is 3. The first-order valence-electron chi connectivity index (χ1n) is 9.59. The fraction of sp³-hybridized carbons (Fsp3) is 0.526. The molecule has 0 unspecified atom stereocenters.